The van der Waals surface area contributed by atoms with E-state index >= 15 is 0 Å². The first-order valence-electron chi connectivity index (χ1n) is 4.22. The number of aromatic hydroxyl groups is 2. The number of carbonyl (C=O) groups excluding carboxylic acids is 1. The van der Waals surface area contributed by atoms with E-state index in [9.17, 15) is 14.3 Å². The van der Waals surface area contributed by atoms with Crippen LogP contribution in [0.1, 0.15) is 24.8 Å². The van der Waals surface area contributed by atoms with Crippen LogP contribution in [0.25, 0.3) is 0 Å². The van der Waals surface area contributed by atoms with Crippen molar-refractivity contribution in [2.24, 2.45) is 0 Å². The Morgan fingerprint density at radius 3 is 2.64 bits per heavy atom. The van der Waals surface area contributed by atoms with Crippen LogP contribution in [0.15, 0.2) is 12.1 Å². The minimum absolute atomic E-state index is 0.221. The summed E-state index contributed by atoms with van der Waals surface area (Å²) in [5, 5.41) is 18.5. The molecule has 4 heteroatoms. The van der Waals surface area contributed by atoms with Crippen LogP contribution < -0.4 is 0 Å². The molecule has 3 nitrogen and oxygen atoms in total. The lowest BCUT2D eigenvalue weighted by Gasteiger charge is -2.11. The number of halogens is 1. The summed E-state index contributed by atoms with van der Waals surface area (Å²) >= 11 is 0. The van der Waals surface area contributed by atoms with E-state index in [1.165, 1.54) is 6.07 Å². The maximum Gasteiger partial charge on any atom is 0.194 e. The molecule has 0 fully saturated rings. The summed E-state index contributed by atoms with van der Waals surface area (Å²) in [4.78, 5) is 10.2. The fraction of sp³-hybridized carbons (Fsp3) is 0.300. The zero-order valence-corrected chi connectivity index (χ0v) is 7.70. The van der Waals surface area contributed by atoms with Crippen molar-refractivity contribution in [2.75, 3.05) is 0 Å². The van der Waals surface area contributed by atoms with Crippen LogP contribution in [0.5, 0.6) is 11.5 Å². The predicted molar refractivity (Wildman–Crippen MR) is 48.8 cm³/mol. The van der Waals surface area contributed by atoms with Gasteiger partial charge in [0.25, 0.3) is 0 Å². The zero-order chi connectivity index (χ0) is 10.7. The average molecular weight is 198 g/mol. The highest BCUT2D eigenvalue weighted by molar-refractivity contribution is 5.54. The second-order valence-electron chi connectivity index (χ2n) is 3.14. The normalized spacial score (nSPS) is 12.4. The smallest absolute Gasteiger partial charge is 0.194 e. The number of benzene rings is 1. The minimum Gasteiger partial charge on any atom is -0.504 e. The van der Waals surface area contributed by atoms with Crippen LogP contribution in [-0.4, -0.2) is 16.5 Å². The predicted octanol–water partition coefficient (Wildman–Crippen LogP) is 1.93. The summed E-state index contributed by atoms with van der Waals surface area (Å²) in [5.41, 5.74) is 0.371. The Labute approximate surface area is 80.8 Å². The Balaban J connectivity index is 3.10. The van der Waals surface area contributed by atoms with E-state index in [1.807, 2.05) is 0 Å². The Morgan fingerprint density at radius 1 is 1.43 bits per heavy atom. The fourth-order valence-corrected chi connectivity index (χ4v) is 1.24. The molecule has 1 atom stereocenters. The summed E-state index contributed by atoms with van der Waals surface area (Å²) in [6.45, 7) is 1.71. The fourth-order valence-electron chi connectivity index (χ4n) is 1.24. The Hall–Kier alpha value is -1.58. The Morgan fingerprint density at radius 2 is 2.07 bits per heavy atom. The van der Waals surface area contributed by atoms with E-state index in [0.717, 1.165) is 6.07 Å². The molecule has 0 amide bonds. The lowest BCUT2D eigenvalue weighted by atomic mass is 9.97. The first-order chi connectivity index (χ1) is 6.57. The van der Waals surface area contributed by atoms with Gasteiger partial charge < -0.3 is 15.0 Å². The average Bonchev–Trinajstić information content (AvgIpc) is 2.15. The number of phenolic OH excluding ortho intramolecular Hbond substituents is 2. The third-order valence-corrected chi connectivity index (χ3v) is 2.11. The van der Waals surface area contributed by atoms with Gasteiger partial charge in [0.2, 0.25) is 0 Å². The van der Waals surface area contributed by atoms with Gasteiger partial charge in [-0.3, -0.25) is 0 Å². The molecule has 0 saturated heterocycles. The van der Waals surface area contributed by atoms with Gasteiger partial charge >= 0.3 is 0 Å². The largest absolute Gasteiger partial charge is 0.504 e. The molecule has 14 heavy (non-hydrogen) atoms. The molecule has 1 unspecified atom stereocenters. The van der Waals surface area contributed by atoms with E-state index in [2.05, 4.69) is 0 Å². The summed E-state index contributed by atoms with van der Waals surface area (Å²) in [5.74, 6) is -2.36. The van der Waals surface area contributed by atoms with Crippen LogP contribution in [0.2, 0.25) is 0 Å². The lowest BCUT2D eigenvalue weighted by Crippen LogP contribution is -1.95. The van der Waals surface area contributed by atoms with Crippen molar-refractivity contribution in [3.63, 3.8) is 0 Å². The van der Waals surface area contributed by atoms with Gasteiger partial charge in [0.1, 0.15) is 6.29 Å². The molecule has 0 heterocycles. The summed E-state index contributed by atoms with van der Waals surface area (Å²) in [6, 6.07) is 2.42. The Bertz CT molecular complexity index is 349. The van der Waals surface area contributed by atoms with E-state index in [0.29, 0.717) is 11.8 Å². The standard InChI is InChI=1S/C10H11FO3/c1-6(4-5-12)7-2-3-8(11)10(14)9(7)13/h2-3,5-6,13-14H,4H2,1H3. The second-order valence-corrected chi connectivity index (χ2v) is 3.14. The monoisotopic (exact) mass is 198 g/mol. The third kappa shape index (κ3) is 1.84. The SMILES string of the molecule is CC(CC=O)c1ccc(F)c(O)c1O. The van der Waals surface area contributed by atoms with Crippen molar-refractivity contribution >= 4 is 6.29 Å². The van der Waals surface area contributed by atoms with E-state index in [4.69, 9.17) is 5.11 Å². The van der Waals surface area contributed by atoms with Gasteiger partial charge in [-0.25, -0.2) is 4.39 Å². The van der Waals surface area contributed by atoms with E-state index in [1.54, 1.807) is 6.92 Å². The second kappa shape index (κ2) is 4.09. The summed E-state index contributed by atoms with van der Waals surface area (Å²) in [7, 11) is 0. The van der Waals surface area contributed by atoms with Crippen LogP contribution in [0.3, 0.4) is 0 Å². The first-order valence-corrected chi connectivity index (χ1v) is 4.22. The van der Waals surface area contributed by atoms with Crippen molar-refractivity contribution < 1.29 is 19.4 Å². The molecule has 0 bridgehead atoms. The van der Waals surface area contributed by atoms with Gasteiger partial charge in [0.05, 0.1) is 0 Å². The van der Waals surface area contributed by atoms with Crippen LogP contribution >= 0.6 is 0 Å². The summed E-state index contributed by atoms with van der Waals surface area (Å²) < 4.78 is 12.7. The molecule has 1 aromatic carbocycles. The molecule has 0 aromatic heterocycles. The molecule has 0 aliphatic heterocycles. The number of hydrogen-bond acceptors (Lipinski definition) is 3. The molecule has 76 valence electrons. The van der Waals surface area contributed by atoms with Gasteiger partial charge in [-0.2, -0.15) is 0 Å². The molecule has 1 rings (SSSR count). The van der Waals surface area contributed by atoms with Crippen molar-refractivity contribution in [2.45, 2.75) is 19.3 Å². The minimum atomic E-state index is -0.871. The maximum absolute atomic E-state index is 12.7. The topological polar surface area (TPSA) is 57.5 Å². The van der Waals surface area contributed by atoms with E-state index in [-0.39, 0.29) is 12.3 Å². The lowest BCUT2D eigenvalue weighted by molar-refractivity contribution is -0.108. The highest BCUT2D eigenvalue weighted by Crippen LogP contribution is 2.36. The quantitative estimate of drug-likeness (QED) is 0.576. The van der Waals surface area contributed by atoms with Crippen molar-refractivity contribution in [3.05, 3.63) is 23.5 Å². The third-order valence-electron chi connectivity index (χ3n) is 2.11. The molecule has 0 aliphatic carbocycles. The molecule has 0 saturated carbocycles. The van der Waals surface area contributed by atoms with Crippen molar-refractivity contribution in [1.29, 1.82) is 0 Å². The van der Waals surface area contributed by atoms with Gasteiger partial charge in [-0.05, 0) is 12.0 Å². The van der Waals surface area contributed by atoms with Gasteiger partial charge in [-0.15, -0.1) is 0 Å². The first kappa shape index (κ1) is 10.5. The molecule has 2 N–H and O–H groups in total. The Kier molecular flexibility index (Phi) is 3.06. The van der Waals surface area contributed by atoms with Crippen LogP contribution in [0, 0.1) is 5.82 Å². The number of aldehydes is 1. The number of phenols is 2. The van der Waals surface area contributed by atoms with Gasteiger partial charge in [0.15, 0.2) is 17.3 Å². The highest BCUT2D eigenvalue weighted by Gasteiger charge is 2.15. The number of carbonyl (C=O) groups is 1. The zero-order valence-electron chi connectivity index (χ0n) is 7.70. The molecule has 1 aromatic rings. The van der Waals surface area contributed by atoms with Crippen molar-refractivity contribution in [3.8, 4) is 11.5 Å². The van der Waals surface area contributed by atoms with Gasteiger partial charge in [-0.1, -0.05) is 13.0 Å². The van der Waals surface area contributed by atoms with E-state index < -0.39 is 17.3 Å². The maximum atomic E-state index is 12.7. The highest BCUT2D eigenvalue weighted by atomic mass is 19.1. The molecule has 0 aliphatic rings. The molecule has 0 radical (unpaired) electrons. The van der Waals surface area contributed by atoms with Crippen molar-refractivity contribution in [1.82, 2.24) is 0 Å². The van der Waals surface area contributed by atoms with Crippen LogP contribution in [0.4, 0.5) is 4.39 Å². The van der Waals surface area contributed by atoms with Gasteiger partial charge in [0, 0.05) is 12.0 Å². The molecular weight excluding hydrogens is 187 g/mol. The number of hydrogen-bond donors (Lipinski definition) is 2. The molecular formula is C10H11FO3. The summed E-state index contributed by atoms with van der Waals surface area (Å²) in [6.07, 6.45) is 0.934. The van der Waals surface area contributed by atoms with Crippen LogP contribution in [-0.2, 0) is 4.79 Å². The number of rotatable bonds is 3. The molecule has 0 spiro atoms.